The number of hydrogen-bond donors (Lipinski definition) is 2. The Balaban J connectivity index is 1.75. The lowest BCUT2D eigenvalue weighted by atomic mass is 10.0. The van der Waals surface area contributed by atoms with Crippen molar-refractivity contribution < 1.29 is 23.8 Å². The van der Waals surface area contributed by atoms with E-state index in [1.807, 2.05) is 18.2 Å². The fourth-order valence-corrected chi connectivity index (χ4v) is 3.30. The third-order valence-corrected chi connectivity index (χ3v) is 4.69. The molecule has 3 rings (SSSR count). The van der Waals surface area contributed by atoms with E-state index < -0.39 is 6.03 Å². The summed E-state index contributed by atoms with van der Waals surface area (Å²) >= 11 is 0. The van der Waals surface area contributed by atoms with Crippen molar-refractivity contribution in [2.45, 2.75) is 12.8 Å². The summed E-state index contributed by atoms with van der Waals surface area (Å²) in [5.74, 6) is 1.02. The van der Waals surface area contributed by atoms with E-state index in [2.05, 4.69) is 10.6 Å². The topological polar surface area (TPSA) is 89.1 Å². The molecule has 0 saturated carbocycles. The number of benzene rings is 2. The molecule has 0 aromatic heterocycles. The standard InChI is InChI=1S/C21H25N3O5/c1-27-13-20(25)24-10-4-5-14-6-7-15(11-18(14)24)22-21(26)23-17-9-8-16(28-2)12-19(17)29-3/h6-9,11-12H,4-5,10,13H2,1-3H3,(H2,22,23,26). The van der Waals surface area contributed by atoms with Crippen LogP contribution in [-0.4, -0.2) is 46.4 Å². The maximum absolute atomic E-state index is 12.5. The molecule has 0 saturated heterocycles. The van der Waals surface area contributed by atoms with Gasteiger partial charge >= 0.3 is 6.03 Å². The molecular formula is C21H25N3O5. The number of fused-ring (bicyclic) bond motifs is 1. The molecular weight excluding hydrogens is 374 g/mol. The second kappa shape index (κ2) is 9.29. The summed E-state index contributed by atoms with van der Waals surface area (Å²) in [5, 5.41) is 5.57. The second-order valence-electron chi connectivity index (χ2n) is 6.57. The van der Waals surface area contributed by atoms with Crippen LogP contribution in [0.4, 0.5) is 21.9 Å². The minimum Gasteiger partial charge on any atom is -0.497 e. The highest BCUT2D eigenvalue weighted by Crippen LogP contribution is 2.31. The van der Waals surface area contributed by atoms with Crippen molar-refractivity contribution in [1.29, 1.82) is 0 Å². The number of urea groups is 1. The first kappa shape index (κ1) is 20.5. The largest absolute Gasteiger partial charge is 0.497 e. The number of rotatable bonds is 6. The first-order valence-electron chi connectivity index (χ1n) is 9.28. The average Bonchev–Trinajstić information content (AvgIpc) is 2.73. The van der Waals surface area contributed by atoms with Gasteiger partial charge in [-0.25, -0.2) is 4.79 Å². The fourth-order valence-electron chi connectivity index (χ4n) is 3.30. The van der Waals surface area contributed by atoms with Crippen molar-refractivity contribution in [3.8, 4) is 11.5 Å². The highest BCUT2D eigenvalue weighted by atomic mass is 16.5. The Labute approximate surface area is 169 Å². The number of nitrogens with zero attached hydrogens (tertiary/aromatic N) is 1. The highest BCUT2D eigenvalue weighted by Gasteiger charge is 2.23. The van der Waals surface area contributed by atoms with E-state index in [9.17, 15) is 9.59 Å². The van der Waals surface area contributed by atoms with Crippen molar-refractivity contribution >= 4 is 29.0 Å². The number of carbonyl (C=O) groups is 2. The first-order valence-corrected chi connectivity index (χ1v) is 9.28. The Morgan fingerprint density at radius 3 is 2.59 bits per heavy atom. The summed E-state index contributed by atoms with van der Waals surface area (Å²) < 4.78 is 15.4. The van der Waals surface area contributed by atoms with Crippen LogP contribution in [0.25, 0.3) is 0 Å². The lowest BCUT2D eigenvalue weighted by Gasteiger charge is -2.30. The maximum atomic E-state index is 12.5. The van der Waals surface area contributed by atoms with Gasteiger partial charge in [0.25, 0.3) is 5.91 Å². The number of methoxy groups -OCH3 is 3. The van der Waals surface area contributed by atoms with Crippen LogP contribution in [0, 0.1) is 0 Å². The minimum absolute atomic E-state index is 0.0227. The SMILES string of the molecule is COCC(=O)N1CCCc2ccc(NC(=O)Nc3ccc(OC)cc3OC)cc21. The molecule has 2 aromatic carbocycles. The molecule has 0 radical (unpaired) electrons. The van der Waals surface area contributed by atoms with Gasteiger partial charge in [-0.2, -0.15) is 0 Å². The zero-order valence-corrected chi connectivity index (χ0v) is 16.8. The van der Waals surface area contributed by atoms with Gasteiger partial charge in [0.05, 0.1) is 19.9 Å². The molecule has 2 N–H and O–H groups in total. The number of hydrogen-bond acceptors (Lipinski definition) is 5. The van der Waals surface area contributed by atoms with E-state index in [1.165, 1.54) is 14.2 Å². The van der Waals surface area contributed by atoms with Gasteiger partial charge in [-0.1, -0.05) is 6.07 Å². The Kier molecular flexibility index (Phi) is 6.56. The first-order chi connectivity index (χ1) is 14.0. The fraction of sp³-hybridized carbons (Fsp3) is 0.333. The van der Waals surface area contributed by atoms with Crippen LogP contribution in [0.5, 0.6) is 11.5 Å². The molecule has 154 valence electrons. The van der Waals surface area contributed by atoms with Crippen molar-refractivity contribution in [1.82, 2.24) is 0 Å². The van der Waals surface area contributed by atoms with Gasteiger partial charge in [0.15, 0.2) is 0 Å². The summed E-state index contributed by atoms with van der Waals surface area (Å²) in [6.07, 6.45) is 1.79. The Bertz CT molecular complexity index is 900. The van der Waals surface area contributed by atoms with Gasteiger partial charge in [0.1, 0.15) is 18.1 Å². The lowest BCUT2D eigenvalue weighted by molar-refractivity contribution is -0.122. The van der Waals surface area contributed by atoms with Crippen LogP contribution in [0.2, 0.25) is 0 Å². The molecule has 0 atom stereocenters. The van der Waals surface area contributed by atoms with Crippen LogP contribution in [0.15, 0.2) is 36.4 Å². The number of aryl methyl sites for hydroxylation is 1. The number of anilines is 3. The molecule has 0 fully saturated rings. The monoisotopic (exact) mass is 399 g/mol. The van der Waals surface area contributed by atoms with Gasteiger partial charge in [-0.3, -0.25) is 4.79 Å². The van der Waals surface area contributed by atoms with E-state index in [4.69, 9.17) is 14.2 Å². The molecule has 8 heteroatoms. The normalized spacial score (nSPS) is 12.7. The third kappa shape index (κ3) is 4.78. The molecule has 0 unspecified atom stereocenters. The molecule has 1 aliphatic heterocycles. The second-order valence-corrected chi connectivity index (χ2v) is 6.57. The van der Waals surface area contributed by atoms with E-state index in [0.29, 0.717) is 29.4 Å². The number of carbonyl (C=O) groups excluding carboxylic acids is 2. The molecule has 0 bridgehead atoms. The van der Waals surface area contributed by atoms with Crippen LogP contribution in [0.3, 0.4) is 0 Å². The molecule has 2 aromatic rings. The molecule has 1 aliphatic rings. The van der Waals surface area contributed by atoms with Gasteiger partial charge < -0.3 is 29.7 Å². The minimum atomic E-state index is -0.418. The van der Waals surface area contributed by atoms with Crippen LogP contribution >= 0.6 is 0 Å². The zero-order valence-electron chi connectivity index (χ0n) is 16.8. The smallest absolute Gasteiger partial charge is 0.323 e. The van der Waals surface area contributed by atoms with Crippen LogP contribution < -0.4 is 25.0 Å². The molecule has 1 heterocycles. The summed E-state index contributed by atoms with van der Waals surface area (Å²) in [6.45, 7) is 0.655. The summed E-state index contributed by atoms with van der Waals surface area (Å²) in [7, 11) is 4.58. The maximum Gasteiger partial charge on any atom is 0.323 e. The van der Waals surface area contributed by atoms with E-state index in [-0.39, 0.29) is 12.5 Å². The Morgan fingerprint density at radius 2 is 1.86 bits per heavy atom. The third-order valence-electron chi connectivity index (χ3n) is 4.69. The van der Waals surface area contributed by atoms with Gasteiger partial charge in [-0.05, 0) is 42.7 Å². The van der Waals surface area contributed by atoms with Gasteiger partial charge in [0.2, 0.25) is 0 Å². The molecule has 0 spiro atoms. The summed E-state index contributed by atoms with van der Waals surface area (Å²) in [6, 6.07) is 10.3. The Morgan fingerprint density at radius 1 is 1.03 bits per heavy atom. The predicted molar refractivity (Wildman–Crippen MR) is 111 cm³/mol. The predicted octanol–water partition coefficient (Wildman–Crippen LogP) is 3.27. The van der Waals surface area contributed by atoms with E-state index >= 15 is 0 Å². The zero-order chi connectivity index (χ0) is 20.8. The van der Waals surface area contributed by atoms with Crippen LogP contribution in [-0.2, 0) is 16.0 Å². The molecule has 0 aliphatic carbocycles. The van der Waals surface area contributed by atoms with E-state index in [0.717, 1.165) is 24.1 Å². The number of ether oxygens (including phenoxy) is 3. The van der Waals surface area contributed by atoms with Crippen LogP contribution in [0.1, 0.15) is 12.0 Å². The van der Waals surface area contributed by atoms with Crippen molar-refractivity contribution in [2.24, 2.45) is 0 Å². The number of nitrogens with one attached hydrogen (secondary N) is 2. The average molecular weight is 399 g/mol. The van der Waals surface area contributed by atoms with Gasteiger partial charge in [-0.15, -0.1) is 0 Å². The Hall–Kier alpha value is -3.26. The molecule has 3 amide bonds. The van der Waals surface area contributed by atoms with Crippen molar-refractivity contribution in [3.05, 3.63) is 42.0 Å². The molecule has 29 heavy (non-hydrogen) atoms. The van der Waals surface area contributed by atoms with Crippen molar-refractivity contribution in [2.75, 3.05) is 50.0 Å². The van der Waals surface area contributed by atoms with Crippen molar-refractivity contribution in [3.63, 3.8) is 0 Å². The highest BCUT2D eigenvalue weighted by molar-refractivity contribution is 6.02. The van der Waals surface area contributed by atoms with Gasteiger partial charge in [0, 0.05) is 31.1 Å². The lowest BCUT2D eigenvalue weighted by Crippen LogP contribution is -2.37. The summed E-state index contributed by atoms with van der Waals surface area (Å²) in [4.78, 5) is 26.5. The quantitative estimate of drug-likeness (QED) is 0.778. The number of amides is 3. The molecule has 8 nitrogen and oxygen atoms in total. The summed E-state index contributed by atoms with van der Waals surface area (Å²) in [5.41, 5.74) is 2.98. The van der Waals surface area contributed by atoms with E-state index in [1.54, 1.807) is 30.2 Å².